The second kappa shape index (κ2) is 8.27. The molecule has 1 aromatic heterocycles. The zero-order valence-electron chi connectivity index (χ0n) is 18.4. The van der Waals surface area contributed by atoms with Crippen LogP contribution in [0, 0.1) is 0 Å². The molecule has 1 heterocycles. The van der Waals surface area contributed by atoms with Gasteiger partial charge in [0, 0.05) is 0 Å². The Bertz CT molecular complexity index is 934. The third-order valence-corrected chi connectivity index (χ3v) is 4.80. The van der Waals surface area contributed by atoms with Gasteiger partial charge in [-0.1, -0.05) is 65.8 Å². The smallest absolute Gasteiger partial charge is 0.236 e. The minimum Gasteiger partial charge on any atom is -0.438 e. The number of aldehydes is 1. The fourth-order valence-corrected chi connectivity index (χ4v) is 2.90. The maximum atomic E-state index is 11.8. The van der Waals surface area contributed by atoms with Crippen molar-refractivity contribution in [3.8, 4) is 23.3 Å². The highest BCUT2D eigenvalue weighted by molar-refractivity contribution is 5.81. The van der Waals surface area contributed by atoms with E-state index in [2.05, 4.69) is 51.5 Å². The summed E-state index contributed by atoms with van der Waals surface area (Å²) in [7, 11) is 0. The van der Waals surface area contributed by atoms with E-state index in [1.54, 1.807) is 0 Å². The van der Waals surface area contributed by atoms with Crippen molar-refractivity contribution in [2.24, 2.45) is 0 Å². The number of carbonyl (C=O) groups is 1. The maximum absolute atomic E-state index is 11.8. The monoisotopic (exact) mass is 404 g/mol. The molecule has 0 bridgehead atoms. The van der Waals surface area contributed by atoms with Crippen LogP contribution in [0.4, 0.5) is 0 Å². The lowest BCUT2D eigenvalue weighted by Crippen LogP contribution is -2.10. The van der Waals surface area contributed by atoms with Crippen LogP contribution >= 0.6 is 0 Å². The van der Waals surface area contributed by atoms with E-state index >= 15 is 0 Å². The summed E-state index contributed by atoms with van der Waals surface area (Å²) in [5, 5.41) is 0. The highest BCUT2D eigenvalue weighted by atomic mass is 16.5. The van der Waals surface area contributed by atoms with Crippen molar-refractivity contribution in [3.63, 3.8) is 0 Å². The van der Waals surface area contributed by atoms with Gasteiger partial charge in [0.1, 0.15) is 23.4 Å². The first-order valence-corrected chi connectivity index (χ1v) is 9.95. The quantitative estimate of drug-likeness (QED) is 0.456. The van der Waals surface area contributed by atoms with E-state index in [0.29, 0.717) is 17.8 Å². The number of hydrogen-bond donors (Lipinski definition) is 0. The maximum Gasteiger partial charge on any atom is 0.236 e. The topological polar surface area (TPSA) is 61.3 Å². The van der Waals surface area contributed by atoms with Crippen LogP contribution in [0.5, 0.6) is 23.3 Å². The van der Waals surface area contributed by atoms with Gasteiger partial charge in [0.05, 0.1) is 0 Å². The van der Waals surface area contributed by atoms with Crippen molar-refractivity contribution < 1.29 is 14.3 Å². The average molecular weight is 405 g/mol. The summed E-state index contributed by atoms with van der Waals surface area (Å²) < 4.78 is 11.7. The van der Waals surface area contributed by atoms with E-state index < -0.39 is 0 Å². The van der Waals surface area contributed by atoms with Crippen LogP contribution in [0.15, 0.2) is 54.9 Å². The van der Waals surface area contributed by atoms with Gasteiger partial charge in [-0.2, -0.15) is 0 Å². The number of hydrogen-bond acceptors (Lipinski definition) is 5. The molecule has 0 aliphatic heterocycles. The van der Waals surface area contributed by atoms with Gasteiger partial charge >= 0.3 is 0 Å². The lowest BCUT2D eigenvalue weighted by molar-refractivity contribution is 0.111. The van der Waals surface area contributed by atoms with Crippen LogP contribution in [0.25, 0.3) is 0 Å². The van der Waals surface area contributed by atoms with Crippen molar-refractivity contribution in [1.29, 1.82) is 0 Å². The second-order valence-electron chi connectivity index (χ2n) is 9.27. The third kappa shape index (κ3) is 5.03. The molecule has 0 aliphatic carbocycles. The lowest BCUT2D eigenvalue weighted by Gasteiger charge is -2.19. The van der Waals surface area contributed by atoms with Crippen molar-refractivity contribution in [2.45, 2.75) is 52.4 Å². The van der Waals surface area contributed by atoms with Crippen LogP contribution in [-0.2, 0) is 10.8 Å². The van der Waals surface area contributed by atoms with Crippen LogP contribution in [0.2, 0.25) is 0 Å². The van der Waals surface area contributed by atoms with Gasteiger partial charge in [0.25, 0.3) is 0 Å². The number of ether oxygens (including phenoxy) is 2. The first kappa shape index (κ1) is 21.5. The molecule has 0 N–H and O–H groups in total. The normalized spacial score (nSPS) is 11.8. The lowest BCUT2D eigenvalue weighted by atomic mass is 9.87. The molecule has 0 aliphatic rings. The Morgan fingerprint density at radius 2 is 1.03 bits per heavy atom. The Morgan fingerprint density at radius 3 is 1.33 bits per heavy atom. The van der Waals surface area contributed by atoms with Gasteiger partial charge in [-0.15, -0.1) is 0 Å². The fraction of sp³-hybridized carbons (Fsp3) is 0.320. The summed E-state index contributed by atoms with van der Waals surface area (Å²) in [6.45, 7) is 12.9. The molecular weight excluding hydrogens is 376 g/mol. The zero-order valence-corrected chi connectivity index (χ0v) is 18.4. The molecule has 0 spiro atoms. The summed E-state index contributed by atoms with van der Waals surface area (Å²) in [5.74, 6) is 1.49. The first-order valence-electron chi connectivity index (χ1n) is 9.95. The van der Waals surface area contributed by atoms with E-state index in [-0.39, 0.29) is 28.2 Å². The van der Waals surface area contributed by atoms with Gasteiger partial charge in [-0.05, 0) is 46.2 Å². The Hall–Kier alpha value is -3.21. The minimum absolute atomic E-state index is 0.0466. The van der Waals surface area contributed by atoms with E-state index in [1.165, 1.54) is 17.5 Å². The van der Waals surface area contributed by atoms with Gasteiger partial charge < -0.3 is 9.47 Å². The van der Waals surface area contributed by atoms with E-state index in [9.17, 15) is 4.79 Å². The minimum atomic E-state index is 0.0466. The molecule has 3 aromatic rings. The SMILES string of the molecule is CC(C)(C)c1ccc(Oc2ncnc(Oc3ccc(C(C)(C)C)cc3)c2C=O)cc1. The predicted octanol–water partition coefficient (Wildman–Crippen LogP) is 6.47. The van der Waals surface area contributed by atoms with Crippen molar-refractivity contribution >= 4 is 6.29 Å². The summed E-state index contributed by atoms with van der Waals surface area (Å²) in [5.41, 5.74) is 2.64. The molecular formula is C25H28N2O3. The number of benzene rings is 2. The molecule has 5 nitrogen and oxygen atoms in total. The number of nitrogens with zero attached hydrogens (tertiary/aromatic N) is 2. The average Bonchev–Trinajstić information content (AvgIpc) is 2.68. The molecule has 0 saturated carbocycles. The number of aromatic nitrogens is 2. The molecule has 0 saturated heterocycles. The summed E-state index contributed by atoms with van der Waals surface area (Å²) in [4.78, 5) is 20.0. The van der Waals surface area contributed by atoms with Gasteiger partial charge in [0.2, 0.25) is 11.8 Å². The number of rotatable bonds is 5. The fourth-order valence-electron chi connectivity index (χ4n) is 2.90. The summed E-state index contributed by atoms with van der Waals surface area (Å²) >= 11 is 0. The zero-order chi connectivity index (χ0) is 21.9. The Kier molecular flexibility index (Phi) is 5.92. The standard InChI is InChI=1S/C25H28N2O3/c1-24(2,3)17-7-11-19(12-8-17)29-22-21(15-28)23(27-16-26-22)30-20-13-9-18(10-14-20)25(4,5)6/h7-16H,1-6H3. The van der Waals surface area contributed by atoms with Gasteiger partial charge in [0.15, 0.2) is 6.29 Å². The van der Waals surface area contributed by atoms with Gasteiger partial charge in [-0.3, -0.25) is 4.79 Å². The Morgan fingerprint density at radius 1 is 0.667 bits per heavy atom. The van der Waals surface area contributed by atoms with Crippen LogP contribution in [-0.4, -0.2) is 16.3 Å². The molecule has 0 atom stereocenters. The van der Waals surface area contributed by atoms with Crippen LogP contribution in [0.3, 0.4) is 0 Å². The first-order chi connectivity index (χ1) is 14.1. The third-order valence-electron chi connectivity index (χ3n) is 4.80. The van der Waals surface area contributed by atoms with E-state index in [4.69, 9.17) is 9.47 Å². The van der Waals surface area contributed by atoms with Crippen molar-refractivity contribution in [2.75, 3.05) is 0 Å². The Balaban J connectivity index is 1.83. The molecule has 0 unspecified atom stereocenters. The largest absolute Gasteiger partial charge is 0.438 e. The highest BCUT2D eigenvalue weighted by Gasteiger charge is 2.18. The molecule has 156 valence electrons. The van der Waals surface area contributed by atoms with Crippen LogP contribution in [0.1, 0.15) is 63.0 Å². The molecule has 0 radical (unpaired) electrons. The summed E-state index contributed by atoms with van der Waals surface area (Å²) in [6, 6.07) is 15.5. The van der Waals surface area contributed by atoms with E-state index in [0.717, 1.165) is 0 Å². The van der Waals surface area contributed by atoms with E-state index in [1.807, 2.05) is 48.5 Å². The molecule has 0 fully saturated rings. The molecule has 5 heteroatoms. The Labute approximate surface area is 178 Å². The molecule has 30 heavy (non-hydrogen) atoms. The number of carbonyl (C=O) groups excluding carboxylic acids is 1. The molecule has 3 rings (SSSR count). The van der Waals surface area contributed by atoms with Gasteiger partial charge in [-0.25, -0.2) is 9.97 Å². The summed E-state index contributed by atoms with van der Waals surface area (Å²) in [6.07, 6.45) is 1.97. The second-order valence-corrected chi connectivity index (χ2v) is 9.27. The van der Waals surface area contributed by atoms with Crippen LogP contribution < -0.4 is 9.47 Å². The predicted molar refractivity (Wildman–Crippen MR) is 118 cm³/mol. The molecule has 0 amide bonds. The van der Waals surface area contributed by atoms with Crippen molar-refractivity contribution in [3.05, 3.63) is 71.5 Å². The highest BCUT2D eigenvalue weighted by Crippen LogP contribution is 2.32. The molecule has 2 aromatic carbocycles. The van der Waals surface area contributed by atoms with Crippen molar-refractivity contribution in [1.82, 2.24) is 9.97 Å².